The number of carbonyl (C=O) groups is 2. The van der Waals surface area contributed by atoms with Crippen molar-refractivity contribution in [3.8, 4) is 0 Å². The van der Waals surface area contributed by atoms with Crippen LogP contribution in [0, 0.1) is 5.82 Å². The topological polar surface area (TPSA) is 104 Å². The zero-order valence-electron chi connectivity index (χ0n) is 19.5. The molecule has 2 unspecified atom stereocenters. The molecule has 2 atom stereocenters. The van der Waals surface area contributed by atoms with Crippen molar-refractivity contribution in [1.82, 2.24) is 5.32 Å². The first kappa shape index (κ1) is 27.4. The van der Waals surface area contributed by atoms with Gasteiger partial charge in [0.2, 0.25) is 5.91 Å². The molecule has 0 heterocycles. The van der Waals surface area contributed by atoms with Gasteiger partial charge in [-0.1, -0.05) is 48.5 Å². The molecule has 1 aliphatic carbocycles. The Morgan fingerprint density at radius 3 is 2.22 bits per heavy atom. The molecule has 6 nitrogen and oxygen atoms in total. The van der Waals surface area contributed by atoms with E-state index >= 15 is 0 Å². The molecule has 1 amide bonds. The van der Waals surface area contributed by atoms with Crippen LogP contribution >= 0.6 is 0 Å². The van der Waals surface area contributed by atoms with Crippen LogP contribution in [-0.4, -0.2) is 29.2 Å². The average Bonchev–Trinajstić information content (AvgIpc) is 3.63. The van der Waals surface area contributed by atoms with Gasteiger partial charge >= 0.3 is 12.1 Å². The fraction of sp³-hybridized carbons (Fsp3) is 0.185. The summed E-state index contributed by atoms with van der Waals surface area (Å²) >= 11 is 0. The Kier molecular flexibility index (Phi) is 9.02. The number of hydrogen-bond acceptors (Lipinski definition) is 4. The highest BCUT2D eigenvalue weighted by Crippen LogP contribution is 2.40. The van der Waals surface area contributed by atoms with Gasteiger partial charge in [0, 0.05) is 24.6 Å². The van der Waals surface area contributed by atoms with Crippen LogP contribution in [0.4, 0.5) is 28.9 Å². The number of aliphatic carboxylic acids is 1. The van der Waals surface area contributed by atoms with E-state index in [1.165, 1.54) is 29.3 Å². The molecule has 0 spiro atoms. The zero-order valence-corrected chi connectivity index (χ0v) is 19.5. The molecular weight excluding hydrogens is 490 g/mol. The van der Waals surface area contributed by atoms with Gasteiger partial charge in [0.05, 0.1) is 11.4 Å². The Hall–Kier alpha value is -4.18. The Morgan fingerprint density at radius 2 is 1.62 bits per heavy atom. The number of rotatable bonds is 7. The Balaban J connectivity index is 0.000000479. The van der Waals surface area contributed by atoms with Crippen molar-refractivity contribution in [2.75, 3.05) is 11.1 Å². The molecule has 1 saturated carbocycles. The summed E-state index contributed by atoms with van der Waals surface area (Å²) < 4.78 is 44.8. The van der Waals surface area contributed by atoms with E-state index in [1.807, 2.05) is 36.4 Å². The Labute approximate surface area is 210 Å². The normalized spacial score (nSPS) is 16.5. The van der Waals surface area contributed by atoms with Crippen LogP contribution in [0.25, 0.3) is 6.08 Å². The molecule has 3 aromatic rings. The predicted molar refractivity (Wildman–Crippen MR) is 133 cm³/mol. The third kappa shape index (κ3) is 8.76. The Bertz CT molecular complexity index is 1240. The number of benzene rings is 3. The quantitative estimate of drug-likeness (QED) is 0.193. The van der Waals surface area contributed by atoms with Crippen molar-refractivity contribution in [1.29, 1.82) is 0 Å². The lowest BCUT2D eigenvalue weighted by Crippen LogP contribution is -2.21. The molecule has 4 rings (SSSR count). The molecule has 194 valence electrons. The maximum atomic E-state index is 13.0. The smallest absolute Gasteiger partial charge is 0.475 e. The van der Waals surface area contributed by atoms with E-state index in [2.05, 4.69) is 22.8 Å². The number of halogens is 4. The van der Waals surface area contributed by atoms with Crippen LogP contribution in [0.15, 0.2) is 78.9 Å². The Morgan fingerprint density at radius 1 is 1.00 bits per heavy atom. The van der Waals surface area contributed by atoms with Crippen LogP contribution in [-0.2, 0) is 16.1 Å². The third-order valence-electron chi connectivity index (χ3n) is 5.53. The van der Waals surface area contributed by atoms with E-state index in [4.69, 9.17) is 15.6 Å². The lowest BCUT2D eigenvalue weighted by atomic mass is 10.1. The van der Waals surface area contributed by atoms with Crippen molar-refractivity contribution >= 4 is 29.3 Å². The van der Waals surface area contributed by atoms with Gasteiger partial charge in [0.1, 0.15) is 5.82 Å². The number of hydrogen-bond donors (Lipinski definition) is 4. The van der Waals surface area contributed by atoms with Gasteiger partial charge in [-0.3, -0.25) is 4.79 Å². The number of nitrogen functional groups attached to an aromatic ring is 1. The van der Waals surface area contributed by atoms with Crippen molar-refractivity contribution in [3.63, 3.8) is 0 Å². The molecule has 0 radical (unpaired) electrons. The fourth-order valence-corrected chi connectivity index (χ4v) is 3.45. The molecule has 37 heavy (non-hydrogen) atoms. The van der Waals surface area contributed by atoms with Crippen molar-refractivity contribution < 1.29 is 32.3 Å². The lowest BCUT2D eigenvalue weighted by Gasteiger charge is -2.06. The first-order valence-corrected chi connectivity index (χ1v) is 11.2. The number of anilines is 2. The first-order valence-electron chi connectivity index (χ1n) is 11.2. The number of carboxylic acid groups (broad SMARTS) is 1. The molecular formula is C27H25F4N3O3. The molecule has 0 bridgehead atoms. The van der Waals surface area contributed by atoms with Crippen LogP contribution in [0.5, 0.6) is 0 Å². The maximum Gasteiger partial charge on any atom is 0.490 e. The number of nitrogens with two attached hydrogens (primary N) is 1. The van der Waals surface area contributed by atoms with Gasteiger partial charge < -0.3 is 21.5 Å². The zero-order chi connectivity index (χ0) is 27.0. The van der Waals surface area contributed by atoms with E-state index in [0.717, 1.165) is 18.5 Å². The van der Waals surface area contributed by atoms with Gasteiger partial charge in [-0.25, -0.2) is 9.18 Å². The highest BCUT2D eigenvalue weighted by molar-refractivity contribution is 6.03. The van der Waals surface area contributed by atoms with E-state index in [-0.39, 0.29) is 11.7 Å². The average molecular weight is 516 g/mol. The standard InChI is InChI=1S/C25H24FN3O.C2HF3O2/c26-20-12-10-19(11-13-20)21-15-24(21)28-16-18-7-5-17(6-8-18)9-14-25(30)29-23-4-2-1-3-22(23)27;3-2(4,5)1(6)7/h1-14,21,24,28H,15-16,27H2,(H,29,30);(H,6,7)/b14-9+;. The summed E-state index contributed by atoms with van der Waals surface area (Å²) in [4.78, 5) is 21.0. The highest BCUT2D eigenvalue weighted by atomic mass is 19.4. The summed E-state index contributed by atoms with van der Waals surface area (Å²) in [5.74, 6) is -2.71. The second-order valence-electron chi connectivity index (χ2n) is 8.34. The van der Waals surface area contributed by atoms with Crippen molar-refractivity contribution in [2.45, 2.75) is 31.1 Å². The summed E-state index contributed by atoms with van der Waals surface area (Å²) in [5, 5.41) is 13.4. The molecule has 3 aromatic carbocycles. The molecule has 10 heteroatoms. The minimum atomic E-state index is -5.08. The molecule has 0 aliphatic heterocycles. The first-order chi connectivity index (χ1) is 17.5. The minimum Gasteiger partial charge on any atom is -0.475 e. The van der Waals surface area contributed by atoms with Crippen LogP contribution < -0.4 is 16.4 Å². The molecule has 0 aromatic heterocycles. The van der Waals surface area contributed by atoms with Crippen LogP contribution in [0.3, 0.4) is 0 Å². The van der Waals surface area contributed by atoms with Gasteiger partial charge in [0.25, 0.3) is 0 Å². The minimum absolute atomic E-state index is 0.195. The summed E-state index contributed by atoms with van der Waals surface area (Å²) in [7, 11) is 0. The number of para-hydroxylation sites is 2. The third-order valence-corrected chi connectivity index (χ3v) is 5.53. The fourth-order valence-electron chi connectivity index (χ4n) is 3.45. The number of alkyl halides is 3. The molecule has 5 N–H and O–H groups in total. The number of carbonyl (C=O) groups excluding carboxylic acids is 1. The second kappa shape index (κ2) is 12.2. The summed E-state index contributed by atoms with van der Waals surface area (Å²) in [6.07, 6.45) is -0.734. The molecule has 1 aliphatic rings. The van der Waals surface area contributed by atoms with E-state index in [9.17, 15) is 22.4 Å². The van der Waals surface area contributed by atoms with E-state index in [0.29, 0.717) is 23.3 Å². The van der Waals surface area contributed by atoms with Crippen LogP contribution in [0.2, 0.25) is 0 Å². The summed E-state index contributed by atoms with van der Waals surface area (Å²) in [6, 6.07) is 22.4. The highest BCUT2D eigenvalue weighted by Gasteiger charge is 2.38. The van der Waals surface area contributed by atoms with Crippen molar-refractivity contribution in [2.24, 2.45) is 0 Å². The second-order valence-corrected chi connectivity index (χ2v) is 8.34. The van der Waals surface area contributed by atoms with Gasteiger partial charge in [-0.15, -0.1) is 0 Å². The number of carboxylic acids is 1. The van der Waals surface area contributed by atoms with Gasteiger partial charge in [-0.05, 0) is 53.5 Å². The largest absolute Gasteiger partial charge is 0.490 e. The predicted octanol–water partition coefficient (Wildman–Crippen LogP) is 5.34. The summed E-state index contributed by atoms with van der Waals surface area (Å²) in [5.41, 5.74) is 10.3. The van der Waals surface area contributed by atoms with E-state index in [1.54, 1.807) is 18.2 Å². The number of nitrogens with one attached hydrogen (secondary N) is 2. The van der Waals surface area contributed by atoms with E-state index < -0.39 is 12.1 Å². The van der Waals surface area contributed by atoms with Crippen LogP contribution in [0.1, 0.15) is 29.0 Å². The van der Waals surface area contributed by atoms with Gasteiger partial charge in [-0.2, -0.15) is 13.2 Å². The molecule has 0 saturated heterocycles. The molecule has 1 fully saturated rings. The van der Waals surface area contributed by atoms with Gasteiger partial charge in [0.15, 0.2) is 0 Å². The number of amides is 1. The SMILES string of the molecule is Nc1ccccc1NC(=O)/C=C/c1ccc(CNC2CC2c2ccc(F)cc2)cc1.O=C(O)C(F)(F)F. The monoisotopic (exact) mass is 515 g/mol. The summed E-state index contributed by atoms with van der Waals surface area (Å²) in [6.45, 7) is 0.778. The maximum absolute atomic E-state index is 13.0. The lowest BCUT2D eigenvalue weighted by molar-refractivity contribution is -0.192. The van der Waals surface area contributed by atoms with Crippen molar-refractivity contribution in [3.05, 3.63) is 101 Å².